The molecule has 0 radical (unpaired) electrons. The van der Waals surface area contributed by atoms with E-state index in [1.165, 1.54) is 17.0 Å². The molecule has 208 valence electrons. The molecule has 2 amide bonds. The highest BCUT2D eigenvalue weighted by atomic mass is 35.5. The fourth-order valence-electron chi connectivity index (χ4n) is 4.04. The van der Waals surface area contributed by atoms with Gasteiger partial charge in [0.2, 0.25) is 11.8 Å². The molecule has 1 N–H and O–H groups in total. The van der Waals surface area contributed by atoms with Crippen molar-refractivity contribution in [1.82, 2.24) is 10.2 Å². The molecule has 0 spiro atoms. The van der Waals surface area contributed by atoms with E-state index in [2.05, 4.69) is 5.32 Å². The summed E-state index contributed by atoms with van der Waals surface area (Å²) in [5.41, 5.74) is 2.72. The minimum atomic E-state index is -4.14. The topological polar surface area (TPSA) is 86.8 Å². The van der Waals surface area contributed by atoms with Crippen LogP contribution in [0.5, 0.6) is 0 Å². The summed E-state index contributed by atoms with van der Waals surface area (Å²) < 4.78 is 28.8. The van der Waals surface area contributed by atoms with Gasteiger partial charge < -0.3 is 10.2 Å². The lowest BCUT2D eigenvalue weighted by Gasteiger charge is -2.33. The van der Waals surface area contributed by atoms with Gasteiger partial charge in [0.1, 0.15) is 12.6 Å². The Kier molecular flexibility index (Phi) is 10.2. The van der Waals surface area contributed by atoms with Crippen LogP contribution in [0.15, 0.2) is 77.7 Å². The van der Waals surface area contributed by atoms with Crippen molar-refractivity contribution in [3.63, 3.8) is 0 Å². The Hall–Kier alpha value is -3.36. The van der Waals surface area contributed by atoms with Crippen LogP contribution in [-0.2, 0) is 26.2 Å². The number of carbonyl (C=O) groups is 2. The number of hydrogen-bond acceptors (Lipinski definition) is 4. The first kappa shape index (κ1) is 30.2. The summed E-state index contributed by atoms with van der Waals surface area (Å²) in [4.78, 5) is 28.6. The Morgan fingerprint density at radius 2 is 1.56 bits per heavy atom. The van der Waals surface area contributed by atoms with Gasteiger partial charge >= 0.3 is 0 Å². The average Bonchev–Trinajstić information content (AvgIpc) is 2.92. The standard InChI is InChI=1S/C30H36ClN3O4S/c1-6-22(3)32-30(36)24(5)33(19-25-17-15-21(2)16-18-25)29(35)20-34(28-14-10-13-27(31)23(28)4)39(37,38)26-11-8-7-9-12-26/h7-18,22,24H,6,19-20H2,1-5H3,(H,32,36)/t22-,24-/m0/s1. The van der Waals surface area contributed by atoms with Crippen molar-refractivity contribution in [3.8, 4) is 0 Å². The number of carbonyl (C=O) groups excluding carboxylic acids is 2. The quantitative estimate of drug-likeness (QED) is 0.331. The van der Waals surface area contributed by atoms with E-state index >= 15 is 0 Å². The Balaban J connectivity index is 2.05. The van der Waals surface area contributed by atoms with Crippen LogP contribution in [0.1, 0.15) is 43.9 Å². The lowest BCUT2D eigenvalue weighted by molar-refractivity contribution is -0.139. The van der Waals surface area contributed by atoms with Crippen molar-refractivity contribution >= 4 is 39.1 Å². The van der Waals surface area contributed by atoms with Crippen LogP contribution in [0, 0.1) is 13.8 Å². The third-order valence-electron chi connectivity index (χ3n) is 6.76. The fourth-order valence-corrected chi connectivity index (χ4v) is 5.70. The molecule has 7 nitrogen and oxygen atoms in total. The summed E-state index contributed by atoms with van der Waals surface area (Å²) in [6.45, 7) is 8.82. The zero-order valence-electron chi connectivity index (χ0n) is 23.0. The number of sulfonamides is 1. The maximum Gasteiger partial charge on any atom is 0.264 e. The first-order valence-corrected chi connectivity index (χ1v) is 14.8. The molecule has 0 fully saturated rings. The van der Waals surface area contributed by atoms with Crippen LogP contribution >= 0.6 is 11.6 Å². The second-order valence-electron chi connectivity index (χ2n) is 9.71. The normalized spacial score (nSPS) is 12.9. The smallest absolute Gasteiger partial charge is 0.264 e. The fraction of sp³-hybridized carbons (Fsp3) is 0.333. The zero-order chi connectivity index (χ0) is 28.7. The van der Waals surface area contributed by atoms with E-state index in [0.29, 0.717) is 16.3 Å². The molecular formula is C30H36ClN3O4S. The van der Waals surface area contributed by atoms with Crippen LogP contribution in [0.2, 0.25) is 5.02 Å². The third kappa shape index (κ3) is 7.40. The van der Waals surface area contributed by atoms with E-state index in [4.69, 9.17) is 11.6 Å². The number of halogens is 1. The monoisotopic (exact) mass is 569 g/mol. The summed E-state index contributed by atoms with van der Waals surface area (Å²) >= 11 is 6.36. The van der Waals surface area contributed by atoms with E-state index in [0.717, 1.165) is 21.9 Å². The van der Waals surface area contributed by atoms with Crippen molar-refractivity contribution in [3.05, 3.63) is 94.5 Å². The minimum absolute atomic E-state index is 0.0461. The minimum Gasteiger partial charge on any atom is -0.352 e. The Labute approximate surface area is 236 Å². The number of aryl methyl sites for hydroxylation is 1. The number of hydrogen-bond donors (Lipinski definition) is 1. The first-order chi connectivity index (χ1) is 18.4. The lowest BCUT2D eigenvalue weighted by atomic mass is 10.1. The second kappa shape index (κ2) is 13.1. The molecule has 39 heavy (non-hydrogen) atoms. The first-order valence-electron chi connectivity index (χ1n) is 12.9. The zero-order valence-corrected chi connectivity index (χ0v) is 24.6. The molecule has 0 aliphatic rings. The van der Waals surface area contributed by atoms with Crippen LogP contribution in [0.3, 0.4) is 0 Å². The van der Waals surface area contributed by atoms with E-state index in [9.17, 15) is 18.0 Å². The molecule has 0 aliphatic carbocycles. The van der Waals surface area contributed by atoms with Crippen molar-refractivity contribution in [1.29, 1.82) is 0 Å². The Morgan fingerprint density at radius 3 is 2.18 bits per heavy atom. The molecule has 3 aromatic carbocycles. The third-order valence-corrected chi connectivity index (χ3v) is 8.94. The number of benzene rings is 3. The van der Waals surface area contributed by atoms with Gasteiger partial charge in [-0.3, -0.25) is 13.9 Å². The van der Waals surface area contributed by atoms with Crippen LogP contribution in [0.4, 0.5) is 5.69 Å². The molecule has 2 atom stereocenters. The van der Waals surface area contributed by atoms with Crippen LogP contribution in [-0.4, -0.2) is 43.8 Å². The Morgan fingerprint density at radius 1 is 0.923 bits per heavy atom. The molecule has 0 aromatic heterocycles. The summed E-state index contributed by atoms with van der Waals surface area (Å²) in [5, 5.41) is 3.32. The predicted octanol–water partition coefficient (Wildman–Crippen LogP) is 5.48. The summed E-state index contributed by atoms with van der Waals surface area (Å²) in [6.07, 6.45) is 0.738. The summed E-state index contributed by atoms with van der Waals surface area (Å²) in [5.74, 6) is -0.817. The van der Waals surface area contributed by atoms with Gasteiger partial charge in [0.25, 0.3) is 10.0 Å². The van der Waals surface area contributed by atoms with Crippen molar-refractivity contribution in [2.45, 2.75) is 64.6 Å². The SMILES string of the molecule is CC[C@H](C)NC(=O)[C@H](C)N(Cc1ccc(C)cc1)C(=O)CN(c1cccc(Cl)c1C)S(=O)(=O)c1ccccc1. The van der Waals surface area contributed by atoms with Gasteiger partial charge in [0, 0.05) is 17.6 Å². The van der Waals surface area contributed by atoms with Gasteiger partial charge in [0.05, 0.1) is 10.6 Å². The number of anilines is 1. The summed E-state index contributed by atoms with van der Waals surface area (Å²) in [6, 6.07) is 19.6. The molecule has 3 aromatic rings. The average molecular weight is 570 g/mol. The number of nitrogens with zero attached hydrogens (tertiary/aromatic N) is 2. The molecule has 0 bridgehead atoms. The van der Waals surface area contributed by atoms with Crippen molar-refractivity contribution in [2.24, 2.45) is 0 Å². The summed E-state index contributed by atoms with van der Waals surface area (Å²) in [7, 11) is -4.14. The van der Waals surface area contributed by atoms with E-state index in [1.807, 2.05) is 45.0 Å². The van der Waals surface area contributed by atoms with Gasteiger partial charge in [0.15, 0.2) is 0 Å². The number of amides is 2. The van der Waals surface area contributed by atoms with Gasteiger partial charge in [-0.15, -0.1) is 0 Å². The largest absolute Gasteiger partial charge is 0.352 e. The highest BCUT2D eigenvalue weighted by molar-refractivity contribution is 7.92. The van der Waals surface area contributed by atoms with Crippen LogP contribution in [0.25, 0.3) is 0 Å². The number of rotatable bonds is 11. The van der Waals surface area contributed by atoms with Gasteiger partial charge in [-0.1, -0.05) is 72.6 Å². The maximum absolute atomic E-state index is 14.0. The predicted molar refractivity (Wildman–Crippen MR) is 156 cm³/mol. The van der Waals surface area contributed by atoms with Gasteiger partial charge in [-0.25, -0.2) is 8.42 Å². The number of nitrogens with one attached hydrogen (secondary N) is 1. The van der Waals surface area contributed by atoms with Crippen molar-refractivity contribution < 1.29 is 18.0 Å². The molecule has 3 rings (SSSR count). The van der Waals surface area contributed by atoms with E-state index in [1.54, 1.807) is 50.2 Å². The molecule has 0 aliphatic heterocycles. The second-order valence-corrected chi connectivity index (χ2v) is 12.0. The van der Waals surface area contributed by atoms with Crippen LogP contribution < -0.4 is 9.62 Å². The Bertz CT molecular complexity index is 1400. The van der Waals surface area contributed by atoms with Crippen molar-refractivity contribution in [2.75, 3.05) is 10.8 Å². The van der Waals surface area contributed by atoms with E-state index < -0.39 is 28.5 Å². The molecule has 0 unspecified atom stereocenters. The molecule has 0 saturated carbocycles. The maximum atomic E-state index is 14.0. The van der Waals surface area contributed by atoms with Gasteiger partial charge in [-0.2, -0.15) is 0 Å². The molecular weight excluding hydrogens is 534 g/mol. The van der Waals surface area contributed by atoms with Gasteiger partial charge in [-0.05, 0) is 69.5 Å². The molecule has 0 saturated heterocycles. The molecule has 0 heterocycles. The molecule has 9 heteroatoms. The highest BCUT2D eigenvalue weighted by Gasteiger charge is 2.33. The lowest BCUT2D eigenvalue weighted by Crippen LogP contribution is -2.52. The van der Waals surface area contributed by atoms with E-state index in [-0.39, 0.29) is 23.4 Å². The highest BCUT2D eigenvalue weighted by Crippen LogP contribution is 2.31.